The number of rotatable bonds is 10. The van der Waals surface area contributed by atoms with Crippen LogP contribution in [-0.4, -0.2) is 62.0 Å². The highest BCUT2D eigenvalue weighted by Gasteiger charge is 2.31. The number of fused-ring (bicyclic) bond motifs is 2. The highest BCUT2D eigenvalue weighted by atomic mass is 35.5. The molecule has 48 heavy (non-hydrogen) atoms. The second-order valence-electron chi connectivity index (χ2n) is 11.9. The van der Waals surface area contributed by atoms with Crippen molar-refractivity contribution in [2.45, 2.75) is 38.3 Å². The summed E-state index contributed by atoms with van der Waals surface area (Å²) in [4.78, 5) is 30.5. The fourth-order valence-electron chi connectivity index (χ4n) is 5.99. The third-order valence-electron chi connectivity index (χ3n) is 8.43. The number of ether oxygens (including phenoxy) is 4. The number of furan rings is 2. The third kappa shape index (κ3) is 8.07. The van der Waals surface area contributed by atoms with E-state index in [1.54, 1.807) is 49.3 Å². The zero-order chi connectivity index (χ0) is 33.6. The van der Waals surface area contributed by atoms with Crippen LogP contribution in [0.3, 0.4) is 0 Å². The van der Waals surface area contributed by atoms with E-state index < -0.39 is 24.1 Å². The van der Waals surface area contributed by atoms with Crippen molar-refractivity contribution < 1.29 is 37.4 Å². The lowest BCUT2D eigenvalue weighted by Crippen LogP contribution is -2.27. The molecule has 0 aliphatic carbocycles. The molecule has 12 heteroatoms. The molecule has 4 aromatic rings. The molecule has 2 aliphatic heterocycles. The summed E-state index contributed by atoms with van der Waals surface area (Å²) >= 11 is 13.3. The molecule has 0 radical (unpaired) electrons. The summed E-state index contributed by atoms with van der Waals surface area (Å²) in [5.41, 5.74) is 4.84. The maximum atomic E-state index is 13.2. The Balaban J connectivity index is 1.18. The molecule has 252 valence electrons. The van der Waals surface area contributed by atoms with Crippen LogP contribution >= 0.6 is 23.2 Å². The molecule has 4 heterocycles. The lowest BCUT2D eigenvalue weighted by molar-refractivity contribution is -0.147. The molecule has 0 N–H and O–H groups in total. The van der Waals surface area contributed by atoms with Crippen molar-refractivity contribution in [1.82, 2.24) is 9.80 Å². The van der Waals surface area contributed by atoms with Gasteiger partial charge in [-0.05, 0) is 74.5 Å². The van der Waals surface area contributed by atoms with Crippen LogP contribution in [0.25, 0.3) is 0 Å². The number of nitrogens with zero attached hydrogens (tertiary/aromatic N) is 2. The molecule has 2 unspecified atom stereocenters. The Kier molecular flexibility index (Phi) is 10.8. The zero-order valence-electron chi connectivity index (χ0n) is 26.7. The van der Waals surface area contributed by atoms with E-state index in [2.05, 4.69) is 9.80 Å². The summed E-state index contributed by atoms with van der Waals surface area (Å²) in [5, 5.41) is 1.14. The van der Waals surface area contributed by atoms with Gasteiger partial charge < -0.3 is 37.6 Å². The Labute approximate surface area is 288 Å². The summed E-state index contributed by atoms with van der Waals surface area (Å²) in [5.74, 6) is -0.283. The first-order valence-electron chi connectivity index (χ1n) is 15.6. The molecular weight excluding hydrogens is 659 g/mol. The van der Waals surface area contributed by atoms with Gasteiger partial charge in [-0.1, -0.05) is 23.2 Å². The number of esters is 2. The monoisotopic (exact) mass is 694 g/mol. The van der Waals surface area contributed by atoms with Crippen LogP contribution in [0.1, 0.15) is 45.6 Å². The summed E-state index contributed by atoms with van der Waals surface area (Å²) in [6.45, 7) is 2.79. The summed E-state index contributed by atoms with van der Waals surface area (Å²) in [6.07, 6.45) is 8.45. The van der Waals surface area contributed by atoms with E-state index in [0.29, 0.717) is 71.7 Å². The number of hydrogen-bond donors (Lipinski definition) is 0. The molecule has 2 aromatic heterocycles. The molecule has 0 fully saturated rings. The predicted octanol–water partition coefficient (Wildman–Crippen LogP) is 6.74. The van der Waals surface area contributed by atoms with E-state index in [4.69, 9.17) is 51.0 Å². The van der Waals surface area contributed by atoms with Crippen LogP contribution in [0.5, 0.6) is 11.5 Å². The van der Waals surface area contributed by atoms with Crippen molar-refractivity contribution in [1.29, 1.82) is 0 Å². The Morgan fingerprint density at radius 3 is 1.56 bits per heavy atom. The van der Waals surface area contributed by atoms with E-state index in [1.165, 1.54) is 0 Å². The number of hydrogen-bond acceptors (Lipinski definition) is 10. The van der Waals surface area contributed by atoms with E-state index >= 15 is 0 Å². The Hall–Kier alpha value is -4.22. The number of carbonyl (C=O) groups excluding carboxylic acids is 2. The van der Waals surface area contributed by atoms with Gasteiger partial charge in [0.05, 0.1) is 25.1 Å². The van der Waals surface area contributed by atoms with Gasteiger partial charge in [-0.3, -0.25) is 0 Å². The van der Waals surface area contributed by atoms with Crippen LogP contribution in [0.2, 0.25) is 10.0 Å². The first-order chi connectivity index (χ1) is 23.2. The fourth-order valence-corrected chi connectivity index (χ4v) is 6.51. The van der Waals surface area contributed by atoms with Crippen molar-refractivity contribution >= 4 is 35.1 Å². The standard InChI is InChI=1S/C36H36Cl2N2O8/c1-39-13-9-25-27(37)3-5-29(45-21-23-11-15-43-19-23)35(25)31(17-39)47-33(41)7-8-34(42)48-32-18-40(2)14-10-26-28(38)4-6-30(36(26)32)46-22-24-12-16-44-20-24/h3-8,11-12,15-16,19-20,31-32H,9-10,13-14,17-18,21-22H2,1-2H3/b8-7-. The smallest absolute Gasteiger partial charge is 0.331 e. The molecule has 6 rings (SSSR count). The number of likely N-dealkylation sites (N-methyl/N-ethyl adjacent to an activating group) is 2. The molecule has 0 bridgehead atoms. The Bertz CT molecular complexity index is 1630. The molecular formula is C36H36Cl2N2O8. The van der Waals surface area contributed by atoms with Gasteiger partial charge in [-0.15, -0.1) is 0 Å². The molecule has 0 saturated heterocycles. The zero-order valence-corrected chi connectivity index (χ0v) is 28.2. The first-order valence-corrected chi connectivity index (χ1v) is 16.4. The van der Waals surface area contributed by atoms with E-state index in [9.17, 15) is 9.59 Å². The largest absolute Gasteiger partial charge is 0.488 e. The van der Waals surface area contributed by atoms with Crippen molar-refractivity contribution in [2.75, 3.05) is 40.3 Å². The van der Waals surface area contributed by atoms with E-state index in [-0.39, 0.29) is 13.2 Å². The predicted molar refractivity (Wildman–Crippen MR) is 178 cm³/mol. The molecule has 0 saturated carbocycles. The number of carbonyl (C=O) groups is 2. The normalized spacial score (nSPS) is 18.4. The highest BCUT2D eigenvalue weighted by molar-refractivity contribution is 6.31. The van der Waals surface area contributed by atoms with Crippen molar-refractivity contribution in [3.05, 3.63) is 117 Å². The van der Waals surface area contributed by atoms with Crippen molar-refractivity contribution in [3.8, 4) is 11.5 Å². The van der Waals surface area contributed by atoms with Gasteiger partial charge in [0.15, 0.2) is 0 Å². The van der Waals surface area contributed by atoms with Crippen LogP contribution in [0, 0.1) is 0 Å². The maximum absolute atomic E-state index is 13.2. The summed E-state index contributed by atoms with van der Waals surface area (Å²) in [6, 6.07) is 10.8. The minimum absolute atomic E-state index is 0.271. The van der Waals surface area contributed by atoms with Crippen molar-refractivity contribution in [3.63, 3.8) is 0 Å². The van der Waals surface area contributed by atoms with Crippen LogP contribution in [-0.2, 0) is 45.1 Å². The summed E-state index contributed by atoms with van der Waals surface area (Å²) in [7, 11) is 3.89. The average molecular weight is 696 g/mol. The van der Waals surface area contributed by atoms with Crippen LogP contribution in [0.15, 0.2) is 82.4 Å². The van der Waals surface area contributed by atoms with Crippen LogP contribution in [0.4, 0.5) is 0 Å². The summed E-state index contributed by atoms with van der Waals surface area (Å²) < 4.78 is 34.5. The lowest BCUT2D eigenvalue weighted by atomic mass is 9.99. The second kappa shape index (κ2) is 15.3. The number of benzene rings is 2. The molecule has 0 amide bonds. The second-order valence-corrected chi connectivity index (χ2v) is 12.7. The minimum Gasteiger partial charge on any atom is -0.488 e. The number of halogens is 2. The Morgan fingerprint density at radius 2 is 1.17 bits per heavy atom. The molecule has 0 spiro atoms. The van der Waals surface area contributed by atoms with E-state index in [1.807, 2.05) is 26.2 Å². The Morgan fingerprint density at radius 1 is 0.729 bits per heavy atom. The van der Waals surface area contributed by atoms with Gasteiger partial charge in [-0.2, -0.15) is 0 Å². The minimum atomic E-state index is -0.704. The van der Waals surface area contributed by atoms with Gasteiger partial charge in [0, 0.05) is 70.6 Å². The average Bonchev–Trinajstić information content (AvgIpc) is 3.73. The first kappa shape index (κ1) is 33.7. The van der Waals surface area contributed by atoms with Gasteiger partial charge in [0.2, 0.25) is 0 Å². The van der Waals surface area contributed by atoms with Crippen molar-refractivity contribution in [2.24, 2.45) is 0 Å². The third-order valence-corrected chi connectivity index (χ3v) is 9.14. The molecule has 2 aliphatic rings. The molecule has 2 atom stereocenters. The fraction of sp³-hybridized carbons (Fsp3) is 0.333. The SMILES string of the molecule is CN1CCc2c(Cl)ccc(OCc3ccoc3)c2C(OC(=O)/C=C\C(=O)OC2CN(C)CCc3c(Cl)ccc(OCc4ccoc4)c32)C1. The van der Waals surface area contributed by atoms with E-state index in [0.717, 1.165) is 34.4 Å². The van der Waals surface area contributed by atoms with Gasteiger partial charge in [0.1, 0.15) is 36.9 Å². The highest BCUT2D eigenvalue weighted by Crippen LogP contribution is 2.40. The maximum Gasteiger partial charge on any atom is 0.331 e. The lowest BCUT2D eigenvalue weighted by Gasteiger charge is -2.24. The van der Waals surface area contributed by atoms with Crippen LogP contribution < -0.4 is 9.47 Å². The van der Waals surface area contributed by atoms with Gasteiger partial charge >= 0.3 is 11.9 Å². The van der Waals surface area contributed by atoms with Gasteiger partial charge in [0.25, 0.3) is 0 Å². The topological polar surface area (TPSA) is 104 Å². The van der Waals surface area contributed by atoms with Gasteiger partial charge in [-0.25, -0.2) is 9.59 Å². The molecule has 2 aromatic carbocycles. The quantitative estimate of drug-likeness (QED) is 0.131. The molecule has 10 nitrogen and oxygen atoms in total.